The number of hydrogen-bond acceptors (Lipinski definition) is 3. The molecule has 2 heterocycles. The molecule has 0 aliphatic carbocycles. The third-order valence-electron chi connectivity index (χ3n) is 3.75. The van der Waals surface area contributed by atoms with Crippen molar-refractivity contribution in [2.24, 2.45) is 0 Å². The third kappa shape index (κ3) is 4.29. The number of halogens is 2. The molecule has 1 N–H and O–H groups in total. The van der Waals surface area contributed by atoms with E-state index in [1.807, 2.05) is 31.3 Å². The summed E-state index contributed by atoms with van der Waals surface area (Å²) in [6, 6.07) is 7.49. The summed E-state index contributed by atoms with van der Waals surface area (Å²) in [6.45, 7) is 3.61. The van der Waals surface area contributed by atoms with Gasteiger partial charge in [0.25, 0.3) is 5.91 Å². The molecule has 0 saturated carbocycles. The smallest absolute Gasteiger partial charge is 0.251 e. The fourth-order valence-corrected chi connectivity index (χ4v) is 3.06. The Bertz CT molecular complexity index is 889. The van der Waals surface area contributed by atoms with Crippen molar-refractivity contribution in [3.8, 4) is 0 Å². The van der Waals surface area contributed by atoms with Crippen molar-refractivity contribution in [1.82, 2.24) is 24.9 Å². The van der Waals surface area contributed by atoms with Crippen LogP contribution in [0.2, 0.25) is 5.02 Å². The molecule has 0 radical (unpaired) electrons. The van der Waals surface area contributed by atoms with Gasteiger partial charge in [-0.3, -0.25) is 14.2 Å². The Morgan fingerprint density at radius 1 is 1.32 bits per heavy atom. The van der Waals surface area contributed by atoms with Crippen molar-refractivity contribution < 1.29 is 4.79 Å². The summed E-state index contributed by atoms with van der Waals surface area (Å²) in [7, 11) is 0. The lowest BCUT2D eigenvalue weighted by molar-refractivity contribution is 0.0950. The van der Waals surface area contributed by atoms with Crippen LogP contribution in [-0.2, 0) is 19.6 Å². The lowest BCUT2D eigenvalue weighted by Crippen LogP contribution is -2.24. The molecule has 3 aromatic rings. The monoisotopic (exact) mass is 421 g/mol. The van der Waals surface area contributed by atoms with Crippen LogP contribution in [0, 0.1) is 0 Å². The first-order valence-corrected chi connectivity index (χ1v) is 8.99. The van der Waals surface area contributed by atoms with E-state index in [1.165, 1.54) is 0 Å². The standard InChI is InChI=1S/C17H17BrClN5O/c1-2-24-16(15(19)8-22-24)9-20-17(25)13-5-3-4-12(6-13)10-23-11-14(18)7-21-23/h3-8,11H,2,9-10H2,1H3,(H,20,25). The molecule has 1 amide bonds. The maximum absolute atomic E-state index is 12.4. The van der Waals surface area contributed by atoms with Gasteiger partial charge in [0.05, 0.1) is 40.7 Å². The first kappa shape index (κ1) is 17.7. The zero-order chi connectivity index (χ0) is 17.8. The highest BCUT2D eigenvalue weighted by atomic mass is 79.9. The Morgan fingerprint density at radius 3 is 2.88 bits per heavy atom. The van der Waals surface area contributed by atoms with Gasteiger partial charge in [0.2, 0.25) is 0 Å². The summed E-state index contributed by atoms with van der Waals surface area (Å²) in [5.41, 5.74) is 2.40. The van der Waals surface area contributed by atoms with Gasteiger partial charge in [0, 0.05) is 18.3 Å². The fourth-order valence-electron chi connectivity index (χ4n) is 2.52. The second-order valence-corrected chi connectivity index (χ2v) is 6.82. The Morgan fingerprint density at radius 2 is 2.16 bits per heavy atom. The number of carbonyl (C=O) groups excluding carboxylic acids is 1. The Hall–Kier alpha value is -2.12. The molecule has 2 aromatic heterocycles. The van der Waals surface area contributed by atoms with Gasteiger partial charge in [-0.25, -0.2) is 0 Å². The maximum Gasteiger partial charge on any atom is 0.251 e. The van der Waals surface area contributed by atoms with Gasteiger partial charge in [0.1, 0.15) is 0 Å². The predicted octanol–water partition coefficient (Wildman–Crippen LogP) is 3.49. The van der Waals surface area contributed by atoms with Gasteiger partial charge in [-0.05, 0) is 40.5 Å². The summed E-state index contributed by atoms with van der Waals surface area (Å²) >= 11 is 9.50. The number of aryl methyl sites for hydroxylation is 1. The van der Waals surface area contributed by atoms with E-state index in [0.717, 1.165) is 15.7 Å². The molecule has 25 heavy (non-hydrogen) atoms. The van der Waals surface area contributed by atoms with E-state index in [4.69, 9.17) is 11.6 Å². The SMILES string of the molecule is CCn1ncc(Cl)c1CNC(=O)c1cccc(Cn2cc(Br)cn2)c1. The summed E-state index contributed by atoms with van der Waals surface area (Å²) in [5, 5.41) is 11.9. The van der Waals surface area contributed by atoms with Crippen molar-refractivity contribution in [1.29, 1.82) is 0 Å². The van der Waals surface area contributed by atoms with Crippen LogP contribution in [0.5, 0.6) is 0 Å². The number of carbonyl (C=O) groups is 1. The Kier molecular flexibility index (Phi) is 5.55. The average Bonchev–Trinajstić information content (AvgIpc) is 3.18. The van der Waals surface area contributed by atoms with Crippen molar-refractivity contribution in [3.63, 3.8) is 0 Å². The van der Waals surface area contributed by atoms with Crippen molar-refractivity contribution in [3.05, 3.63) is 69.2 Å². The topological polar surface area (TPSA) is 64.7 Å². The van der Waals surface area contributed by atoms with Crippen LogP contribution in [0.3, 0.4) is 0 Å². The van der Waals surface area contributed by atoms with Gasteiger partial charge >= 0.3 is 0 Å². The number of aromatic nitrogens is 4. The second kappa shape index (κ2) is 7.84. The second-order valence-electron chi connectivity index (χ2n) is 5.49. The van der Waals surface area contributed by atoms with Crippen molar-refractivity contribution in [2.75, 3.05) is 0 Å². The first-order chi connectivity index (χ1) is 12.1. The van der Waals surface area contributed by atoms with E-state index in [2.05, 4.69) is 31.4 Å². The zero-order valence-electron chi connectivity index (χ0n) is 13.6. The molecule has 1 aromatic carbocycles. The number of nitrogens with zero attached hydrogens (tertiary/aromatic N) is 4. The molecule has 0 saturated heterocycles. The van der Waals surface area contributed by atoms with E-state index < -0.39 is 0 Å². The Labute approximate surface area is 158 Å². The van der Waals surface area contributed by atoms with Gasteiger partial charge in [-0.2, -0.15) is 10.2 Å². The molecule has 0 aliphatic heterocycles. The summed E-state index contributed by atoms with van der Waals surface area (Å²) in [6.07, 6.45) is 5.22. The third-order valence-corrected chi connectivity index (χ3v) is 4.47. The van der Waals surface area contributed by atoms with Gasteiger partial charge < -0.3 is 5.32 Å². The molecule has 130 valence electrons. The van der Waals surface area contributed by atoms with E-state index in [0.29, 0.717) is 30.2 Å². The van der Waals surface area contributed by atoms with Crippen LogP contribution in [0.1, 0.15) is 28.5 Å². The predicted molar refractivity (Wildman–Crippen MR) is 99.6 cm³/mol. The van der Waals surface area contributed by atoms with Crippen LogP contribution >= 0.6 is 27.5 Å². The van der Waals surface area contributed by atoms with Crippen LogP contribution in [-0.4, -0.2) is 25.5 Å². The van der Waals surface area contributed by atoms with Gasteiger partial charge in [-0.15, -0.1) is 0 Å². The summed E-state index contributed by atoms with van der Waals surface area (Å²) < 4.78 is 4.50. The number of benzene rings is 1. The lowest BCUT2D eigenvalue weighted by Gasteiger charge is -2.09. The first-order valence-electron chi connectivity index (χ1n) is 7.82. The van der Waals surface area contributed by atoms with E-state index in [9.17, 15) is 4.79 Å². The van der Waals surface area contributed by atoms with Gasteiger partial charge in [0.15, 0.2) is 0 Å². The van der Waals surface area contributed by atoms with Crippen LogP contribution < -0.4 is 5.32 Å². The van der Waals surface area contributed by atoms with Crippen LogP contribution in [0.4, 0.5) is 0 Å². The lowest BCUT2D eigenvalue weighted by atomic mass is 10.1. The molecule has 6 nitrogen and oxygen atoms in total. The minimum absolute atomic E-state index is 0.150. The largest absolute Gasteiger partial charge is 0.346 e. The fraction of sp³-hybridized carbons (Fsp3) is 0.235. The van der Waals surface area contributed by atoms with Crippen molar-refractivity contribution in [2.45, 2.75) is 26.6 Å². The van der Waals surface area contributed by atoms with Gasteiger partial charge in [-0.1, -0.05) is 23.7 Å². The summed E-state index contributed by atoms with van der Waals surface area (Å²) in [5.74, 6) is -0.150. The molecule has 3 rings (SSSR count). The highest BCUT2D eigenvalue weighted by Crippen LogP contribution is 2.15. The molecule has 0 spiro atoms. The molecule has 0 bridgehead atoms. The normalized spacial score (nSPS) is 10.8. The molecular weight excluding hydrogens is 406 g/mol. The highest BCUT2D eigenvalue weighted by molar-refractivity contribution is 9.10. The minimum atomic E-state index is -0.150. The molecule has 0 atom stereocenters. The minimum Gasteiger partial charge on any atom is -0.346 e. The van der Waals surface area contributed by atoms with E-state index in [-0.39, 0.29) is 5.91 Å². The molecule has 0 fully saturated rings. The maximum atomic E-state index is 12.4. The number of rotatable bonds is 6. The quantitative estimate of drug-likeness (QED) is 0.661. The van der Waals surface area contributed by atoms with E-state index in [1.54, 1.807) is 27.8 Å². The number of hydrogen-bond donors (Lipinski definition) is 1. The molecular formula is C17H17BrClN5O. The average molecular weight is 423 g/mol. The van der Waals surface area contributed by atoms with Crippen LogP contribution in [0.15, 0.2) is 47.3 Å². The highest BCUT2D eigenvalue weighted by Gasteiger charge is 2.11. The zero-order valence-corrected chi connectivity index (χ0v) is 16.0. The van der Waals surface area contributed by atoms with E-state index >= 15 is 0 Å². The Balaban J connectivity index is 1.68. The molecule has 0 unspecified atom stereocenters. The summed E-state index contributed by atoms with van der Waals surface area (Å²) in [4.78, 5) is 12.4. The molecule has 0 aliphatic rings. The molecule has 8 heteroatoms. The number of nitrogens with one attached hydrogen (secondary N) is 1. The van der Waals surface area contributed by atoms with Crippen LogP contribution in [0.25, 0.3) is 0 Å². The number of amides is 1. The van der Waals surface area contributed by atoms with Crippen molar-refractivity contribution >= 4 is 33.4 Å².